The number of aliphatic carboxylic acids is 1. The fourth-order valence-corrected chi connectivity index (χ4v) is 3.95. The van der Waals surface area contributed by atoms with Crippen LogP contribution < -0.4 is 55.4 Å². The number of hydrogen-bond acceptors (Lipinski definition) is 8. The van der Waals surface area contributed by atoms with Crippen LogP contribution in [0.15, 0.2) is 78.2 Å². The summed E-state index contributed by atoms with van der Waals surface area (Å²) in [4.78, 5) is 42.2. The van der Waals surface area contributed by atoms with Gasteiger partial charge in [0.2, 0.25) is 5.91 Å². The number of nitrogens with one attached hydrogen (secondary N) is 1. The molecule has 3 N–H and O–H groups in total. The van der Waals surface area contributed by atoms with Gasteiger partial charge in [-0.1, -0.05) is 12.1 Å². The third-order valence-corrected chi connectivity index (χ3v) is 5.80. The first kappa shape index (κ1) is 28.8. The molecule has 9 nitrogen and oxygen atoms in total. The average molecular weight is 543 g/mol. The van der Waals surface area contributed by atoms with E-state index in [1.807, 2.05) is 5.38 Å². The van der Waals surface area contributed by atoms with Gasteiger partial charge in [-0.3, -0.25) is 14.5 Å². The molecule has 1 heterocycles. The monoisotopic (exact) mass is 542 g/mol. The molecule has 12 heteroatoms. The van der Waals surface area contributed by atoms with Crippen LogP contribution in [0.4, 0.5) is 20.9 Å². The molecule has 38 heavy (non-hydrogen) atoms. The molecule has 0 saturated heterocycles. The Morgan fingerprint density at radius 1 is 1.00 bits per heavy atom. The van der Waals surface area contributed by atoms with Crippen molar-refractivity contribution in [3.8, 4) is 17.0 Å². The number of hydrogen-bond donors (Lipinski definition) is 2. The van der Waals surface area contributed by atoms with Crippen LogP contribution >= 0.6 is 11.3 Å². The maximum atomic E-state index is 13.4. The molecule has 188 valence electrons. The maximum absolute atomic E-state index is 13.4. The molecule has 2 amide bonds. The van der Waals surface area contributed by atoms with E-state index in [0.29, 0.717) is 16.5 Å². The first-order valence-corrected chi connectivity index (χ1v) is 11.8. The first-order valence-electron chi connectivity index (χ1n) is 10.9. The SMILES string of the molecule is Nc1nc(-c2ccc(NC(=O)CN(C(=O)c3ccc(F)cc3)c3ccc(OCC(=O)[O-])cc3)cc2)cs1.[Na+]. The van der Waals surface area contributed by atoms with Crippen molar-refractivity contribution in [3.63, 3.8) is 0 Å². The van der Waals surface area contributed by atoms with Gasteiger partial charge in [-0.2, -0.15) is 0 Å². The molecule has 0 radical (unpaired) electrons. The molecule has 4 rings (SSSR count). The molecule has 1 aromatic heterocycles. The van der Waals surface area contributed by atoms with E-state index in [0.717, 1.165) is 23.4 Å². The number of carbonyl (C=O) groups excluding carboxylic acids is 3. The number of ether oxygens (including phenoxy) is 1. The summed E-state index contributed by atoms with van der Waals surface area (Å²) in [5, 5.41) is 15.7. The van der Waals surface area contributed by atoms with Gasteiger partial charge in [0.05, 0.1) is 11.7 Å². The summed E-state index contributed by atoms with van der Waals surface area (Å²) in [5.41, 5.74) is 8.28. The van der Waals surface area contributed by atoms with E-state index in [4.69, 9.17) is 10.5 Å². The summed E-state index contributed by atoms with van der Waals surface area (Å²) >= 11 is 1.33. The average Bonchev–Trinajstić information content (AvgIpc) is 3.33. The summed E-state index contributed by atoms with van der Waals surface area (Å²) in [6.45, 7) is -0.978. The second kappa shape index (κ2) is 13.2. The third-order valence-electron chi connectivity index (χ3n) is 5.13. The Bertz CT molecular complexity index is 1410. The topological polar surface area (TPSA) is 138 Å². The van der Waals surface area contributed by atoms with Crippen LogP contribution in [0.2, 0.25) is 0 Å². The molecule has 0 aliphatic rings. The van der Waals surface area contributed by atoms with E-state index in [1.165, 1.54) is 52.6 Å². The third kappa shape index (κ3) is 7.62. The Morgan fingerprint density at radius 2 is 1.66 bits per heavy atom. The predicted molar refractivity (Wildman–Crippen MR) is 136 cm³/mol. The summed E-state index contributed by atoms with van der Waals surface area (Å²) in [6.07, 6.45) is 0. The number of thiazole rings is 1. The van der Waals surface area contributed by atoms with Crippen LogP contribution in [0.3, 0.4) is 0 Å². The Morgan fingerprint density at radius 3 is 2.24 bits per heavy atom. The van der Waals surface area contributed by atoms with E-state index in [1.54, 1.807) is 24.3 Å². The van der Waals surface area contributed by atoms with Gasteiger partial charge in [-0.25, -0.2) is 9.37 Å². The van der Waals surface area contributed by atoms with Crippen LogP contribution in [0.1, 0.15) is 10.4 Å². The smallest absolute Gasteiger partial charge is 0.546 e. The number of nitrogen functional groups attached to an aromatic ring is 1. The van der Waals surface area contributed by atoms with E-state index in [-0.39, 0.29) is 47.4 Å². The first-order chi connectivity index (χ1) is 17.8. The largest absolute Gasteiger partial charge is 1.00 e. The molecular formula is C26H20FN4NaO5S. The zero-order valence-electron chi connectivity index (χ0n) is 20.2. The molecule has 0 fully saturated rings. The fraction of sp³-hybridized carbons (Fsp3) is 0.0769. The number of nitrogens with two attached hydrogens (primary N) is 1. The van der Waals surface area contributed by atoms with Crippen molar-refractivity contribution in [1.29, 1.82) is 0 Å². The summed E-state index contributed by atoms with van der Waals surface area (Å²) < 4.78 is 18.4. The van der Waals surface area contributed by atoms with Crippen molar-refractivity contribution < 1.29 is 58.2 Å². The molecule has 0 unspecified atom stereocenters. The van der Waals surface area contributed by atoms with E-state index < -0.39 is 30.2 Å². The number of benzene rings is 3. The van der Waals surface area contributed by atoms with Crippen molar-refractivity contribution in [2.24, 2.45) is 0 Å². The van der Waals surface area contributed by atoms with E-state index in [9.17, 15) is 23.9 Å². The number of amides is 2. The molecule has 0 spiro atoms. The molecule has 0 aliphatic heterocycles. The molecule has 0 saturated carbocycles. The molecule has 0 atom stereocenters. The van der Waals surface area contributed by atoms with E-state index in [2.05, 4.69) is 10.3 Å². The van der Waals surface area contributed by atoms with Crippen molar-refractivity contribution in [2.75, 3.05) is 29.1 Å². The van der Waals surface area contributed by atoms with Crippen molar-refractivity contribution >= 4 is 45.6 Å². The number of carbonyl (C=O) groups is 3. The zero-order chi connectivity index (χ0) is 26.4. The van der Waals surface area contributed by atoms with Gasteiger partial charge in [0.15, 0.2) is 5.13 Å². The number of carboxylic acids is 1. The minimum absolute atomic E-state index is 0. The Hall–Kier alpha value is -3.77. The van der Waals surface area contributed by atoms with Gasteiger partial charge in [0.1, 0.15) is 24.7 Å². The minimum atomic E-state index is -1.38. The molecular weight excluding hydrogens is 522 g/mol. The van der Waals surface area contributed by atoms with Gasteiger partial charge in [0, 0.05) is 27.9 Å². The molecule has 0 bridgehead atoms. The van der Waals surface area contributed by atoms with Crippen LogP contribution in [0.5, 0.6) is 5.75 Å². The number of carboxylic acid groups (broad SMARTS) is 1. The van der Waals surface area contributed by atoms with Gasteiger partial charge >= 0.3 is 29.6 Å². The number of aromatic nitrogens is 1. The summed E-state index contributed by atoms with van der Waals surface area (Å²) in [7, 11) is 0. The normalized spacial score (nSPS) is 10.2. The number of anilines is 3. The molecule has 0 aliphatic carbocycles. The minimum Gasteiger partial charge on any atom is -0.546 e. The van der Waals surface area contributed by atoms with Gasteiger partial charge in [-0.15, -0.1) is 11.3 Å². The zero-order valence-corrected chi connectivity index (χ0v) is 23.0. The summed E-state index contributed by atoms with van der Waals surface area (Å²) in [5.74, 6) is -2.64. The second-order valence-corrected chi connectivity index (χ2v) is 8.64. The van der Waals surface area contributed by atoms with Crippen LogP contribution in [0, 0.1) is 5.82 Å². The van der Waals surface area contributed by atoms with Gasteiger partial charge in [0.25, 0.3) is 5.91 Å². The van der Waals surface area contributed by atoms with Crippen molar-refractivity contribution in [1.82, 2.24) is 4.98 Å². The number of halogens is 1. The Kier molecular flexibility index (Phi) is 9.97. The predicted octanol–water partition coefficient (Wildman–Crippen LogP) is -0.0504. The molecule has 3 aromatic carbocycles. The quantitative estimate of drug-likeness (QED) is 0.283. The van der Waals surface area contributed by atoms with Gasteiger partial charge in [-0.05, 0) is 60.7 Å². The Balaban J connectivity index is 0.00000400. The van der Waals surface area contributed by atoms with Crippen LogP contribution in [-0.4, -0.2) is 35.9 Å². The maximum Gasteiger partial charge on any atom is 1.00 e. The van der Waals surface area contributed by atoms with E-state index >= 15 is 0 Å². The second-order valence-electron chi connectivity index (χ2n) is 7.75. The number of rotatable bonds is 9. The van der Waals surface area contributed by atoms with Crippen molar-refractivity contribution in [3.05, 3.63) is 89.6 Å². The van der Waals surface area contributed by atoms with Crippen LogP contribution in [-0.2, 0) is 9.59 Å². The standard InChI is InChI=1S/C26H21FN4O5S.Na/c27-18-5-1-17(2-6-18)25(35)31(20-9-11-21(12-10-20)36-14-24(33)34)13-23(32)29-19-7-3-16(4-8-19)22-15-37-26(28)30-22;/h1-12,15H,13-14H2,(H2,28,30)(H,29,32)(H,33,34);/q;+1/p-1. The molecule has 4 aromatic rings. The van der Waals surface area contributed by atoms with Gasteiger partial charge < -0.3 is 25.7 Å². The Labute approximate surface area is 243 Å². The van der Waals surface area contributed by atoms with Crippen LogP contribution in [0.25, 0.3) is 11.3 Å². The fourth-order valence-electron chi connectivity index (χ4n) is 3.38. The van der Waals surface area contributed by atoms with Crippen molar-refractivity contribution in [2.45, 2.75) is 0 Å². The summed E-state index contributed by atoms with van der Waals surface area (Å²) in [6, 6.07) is 17.9. The number of nitrogens with zero attached hydrogens (tertiary/aromatic N) is 2.